The van der Waals surface area contributed by atoms with Gasteiger partial charge in [0.05, 0.1) is 6.33 Å². The summed E-state index contributed by atoms with van der Waals surface area (Å²) in [5.41, 5.74) is 7.49. The number of anilines is 1. The Balaban J connectivity index is 2.24. The smallest absolute Gasteiger partial charge is 0.166 e. The van der Waals surface area contributed by atoms with E-state index in [0.717, 1.165) is 17.0 Å². The summed E-state index contributed by atoms with van der Waals surface area (Å²) in [4.78, 5) is 13.2. The van der Waals surface area contributed by atoms with Gasteiger partial charge in [0.1, 0.15) is 11.3 Å². The summed E-state index contributed by atoms with van der Waals surface area (Å²) in [6, 6.07) is 0.339. The van der Waals surface area contributed by atoms with Crippen LogP contribution in [0.5, 0.6) is 0 Å². The molecule has 0 atom stereocenters. The molecule has 0 unspecified atom stereocenters. The van der Waals surface area contributed by atoms with Gasteiger partial charge < -0.3 is 10.3 Å². The Morgan fingerprint density at radius 1 is 1.38 bits per heavy atom. The Labute approximate surface area is 93.7 Å². The van der Waals surface area contributed by atoms with Crippen LogP contribution in [0.3, 0.4) is 0 Å². The van der Waals surface area contributed by atoms with Crippen LogP contribution in [0.25, 0.3) is 11.2 Å². The molecule has 0 saturated heterocycles. The normalized spacial score (nSPS) is 16.2. The van der Waals surface area contributed by atoms with E-state index in [4.69, 9.17) is 5.73 Å². The maximum Gasteiger partial charge on any atom is 0.166 e. The molecule has 5 nitrogen and oxygen atoms in total. The number of hydrogen-bond donors (Lipinski definition) is 1. The third-order valence-corrected chi connectivity index (χ3v) is 2.96. The van der Waals surface area contributed by atoms with Gasteiger partial charge in [-0.25, -0.2) is 15.0 Å². The first-order valence-electron chi connectivity index (χ1n) is 5.66. The van der Waals surface area contributed by atoms with Gasteiger partial charge in [-0.15, -0.1) is 0 Å². The Morgan fingerprint density at radius 3 is 2.75 bits per heavy atom. The lowest BCUT2D eigenvalue weighted by Crippen LogP contribution is -2.04. The van der Waals surface area contributed by atoms with Gasteiger partial charge in [0, 0.05) is 12.0 Å². The summed E-state index contributed by atoms with van der Waals surface area (Å²) < 4.78 is 2.04. The minimum atomic E-state index is 0.339. The predicted octanol–water partition coefficient (Wildman–Crippen LogP) is 1.87. The van der Waals surface area contributed by atoms with Gasteiger partial charge in [-0.1, -0.05) is 0 Å². The first-order chi connectivity index (χ1) is 7.66. The van der Waals surface area contributed by atoms with Crippen molar-refractivity contribution >= 4 is 17.0 Å². The van der Waals surface area contributed by atoms with E-state index in [1.165, 1.54) is 12.8 Å². The first kappa shape index (κ1) is 9.57. The van der Waals surface area contributed by atoms with Crippen LogP contribution in [0, 0.1) is 0 Å². The van der Waals surface area contributed by atoms with Gasteiger partial charge in [0.2, 0.25) is 0 Å². The minimum absolute atomic E-state index is 0.339. The largest absolute Gasteiger partial charge is 0.382 e. The average molecular weight is 217 g/mol. The average Bonchev–Trinajstić information content (AvgIpc) is 2.98. The molecule has 5 heteroatoms. The topological polar surface area (TPSA) is 69.6 Å². The molecule has 1 aliphatic rings. The molecule has 2 aromatic heterocycles. The molecule has 1 fully saturated rings. The van der Waals surface area contributed by atoms with Crippen molar-refractivity contribution in [1.82, 2.24) is 19.5 Å². The number of nitrogens with zero attached hydrogens (tertiary/aromatic N) is 4. The summed E-state index contributed by atoms with van der Waals surface area (Å²) in [5.74, 6) is 1.90. The highest BCUT2D eigenvalue weighted by Gasteiger charge is 2.28. The maximum atomic E-state index is 5.91. The molecule has 84 valence electrons. The zero-order chi connectivity index (χ0) is 11.3. The van der Waals surface area contributed by atoms with E-state index >= 15 is 0 Å². The van der Waals surface area contributed by atoms with Crippen molar-refractivity contribution in [3.63, 3.8) is 0 Å². The molecule has 3 rings (SSSR count). The fourth-order valence-corrected chi connectivity index (χ4v) is 1.86. The number of imidazole rings is 1. The summed E-state index contributed by atoms with van der Waals surface area (Å²) in [5, 5.41) is 0. The third kappa shape index (κ3) is 1.35. The van der Waals surface area contributed by atoms with E-state index < -0.39 is 0 Å². The molecule has 0 bridgehead atoms. The molecule has 0 aromatic carbocycles. The zero-order valence-corrected chi connectivity index (χ0v) is 9.51. The highest BCUT2D eigenvalue weighted by Crippen LogP contribution is 2.39. The maximum absolute atomic E-state index is 5.91. The lowest BCUT2D eigenvalue weighted by atomic mass is 10.3. The van der Waals surface area contributed by atoms with E-state index in [2.05, 4.69) is 28.8 Å². The predicted molar refractivity (Wildman–Crippen MR) is 62.1 cm³/mol. The Morgan fingerprint density at radius 2 is 2.12 bits per heavy atom. The second-order valence-electron chi connectivity index (χ2n) is 4.66. The van der Waals surface area contributed by atoms with E-state index in [9.17, 15) is 0 Å². The van der Waals surface area contributed by atoms with E-state index in [1.807, 2.05) is 4.57 Å². The van der Waals surface area contributed by atoms with Crippen LogP contribution in [-0.4, -0.2) is 19.5 Å². The van der Waals surface area contributed by atoms with Crippen LogP contribution in [-0.2, 0) is 0 Å². The Kier molecular flexibility index (Phi) is 1.89. The molecule has 2 N–H and O–H groups in total. The van der Waals surface area contributed by atoms with Gasteiger partial charge in [-0.05, 0) is 26.7 Å². The van der Waals surface area contributed by atoms with E-state index in [-0.39, 0.29) is 0 Å². The molecule has 0 radical (unpaired) electrons. The van der Waals surface area contributed by atoms with E-state index in [0.29, 0.717) is 17.8 Å². The van der Waals surface area contributed by atoms with Crippen molar-refractivity contribution in [2.75, 3.05) is 5.73 Å². The van der Waals surface area contributed by atoms with Crippen molar-refractivity contribution < 1.29 is 0 Å². The monoisotopic (exact) mass is 217 g/mol. The summed E-state index contributed by atoms with van der Waals surface area (Å²) in [6.45, 7) is 4.21. The lowest BCUT2D eigenvalue weighted by Gasteiger charge is -2.08. The second-order valence-corrected chi connectivity index (χ2v) is 4.66. The fraction of sp³-hybridized carbons (Fsp3) is 0.545. The molecule has 1 saturated carbocycles. The standard InChI is InChI=1S/C11H15N5/c1-6(2)16-5-13-8-9(12)14-10(7-3-4-7)15-11(8)16/h5-7H,3-4H2,1-2H3,(H2,12,14,15). The highest BCUT2D eigenvalue weighted by molar-refractivity contribution is 5.81. The SMILES string of the molecule is CC(C)n1cnc2c(N)nc(C3CC3)nc21. The molecular formula is C11H15N5. The van der Waals surface area contributed by atoms with Crippen LogP contribution >= 0.6 is 0 Å². The highest BCUT2D eigenvalue weighted by atomic mass is 15.2. The first-order valence-corrected chi connectivity index (χ1v) is 5.66. The summed E-state index contributed by atoms with van der Waals surface area (Å²) >= 11 is 0. The van der Waals surface area contributed by atoms with Crippen molar-refractivity contribution in [2.24, 2.45) is 0 Å². The Bertz CT molecular complexity index is 539. The van der Waals surface area contributed by atoms with Crippen molar-refractivity contribution in [1.29, 1.82) is 0 Å². The van der Waals surface area contributed by atoms with Crippen molar-refractivity contribution in [2.45, 2.75) is 38.6 Å². The third-order valence-electron chi connectivity index (χ3n) is 2.96. The number of hydrogen-bond acceptors (Lipinski definition) is 4. The number of fused-ring (bicyclic) bond motifs is 1. The molecule has 2 heterocycles. The molecule has 0 aliphatic heterocycles. The van der Waals surface area contributed by atoms with Crippen molar-refractivity contribution in [3.05, 3.63) is 12.2 Å². The van der Waals surface area contributed by atoms with Crippen LogP contribution in [0.4, 0.5) is 5.82 Å². The molecule has 0 amide bonds. The van der Waals surface area contributed by atoms with Crippen LogP contribution < -0.4 is 5.73 Å². The van der Waals surface area contributed by atoms with Gasteiger partial charge in [0.25, 0.3) is 0 Å². The van der Waals surface area contributed by atoms with Crippen LogP contribution in [0.2, 0.25) is 0 Å². The van der Waals surface area contributed by atoms with Gasteiger partial charge in [-0.3, -0.25) is 0 Å². The molecule has 1 aliphatic carbocycles. The number of rotatable bonds is 2. The number of nitrogens with two attached hydrogens (primary N) is 1. The molecule has 0 spiro atoms. The fourth-order valence-electron chi connectivity index (χ4n) is 1.86. The van der Waals surface area contributed by atoms with Crippen LogP contribution in [0.15, 0.2) is 6.33 Å². The van der Waals surface area contributed by atoms with E-state index in [1.54, 1.807) is 6.33 Å². The molecule has 2 aromatic rings. The quantitative estimate of drug-likeness (QED) is 0.833. The van der Waals surface area contributed by atoms with Crippen molar-refractivity contribution in [3.8, 4) is 0 Å². The van der Waals surface area contributed by atoms with Gasteiger partial charge in [-0.2, -0.15) is 0 Å². The second kappa shape index (κ2) is 3.17. The number of nitrogen functional groups attached to an aromatic ring is 1. The minimum Gasteiger partial charge on any atom is -0.382 e. The van der Waals surface area contributed by atoms with Crippen LogP contribution in [0.1, 0.15) is 44.5 Å². The zero-order valence-electron chi connectivity index (χ0n) is 9.51. The lowest BCUT2D eigenvalue weighted by molar-refractivity contribution is 0.611. The number of aromatic nitrogens is 4. The summed E-state index contributed by atoms with van der Waals surface area (Å²) in [6.07, 6.45) is 4.15. The Hall–Kier alpha value is -1.65. The summed E-state index contributed by atoms with van der Waals surface area (Å²) in [7, 11) is 0. The molecular weight excluding hydrogens is 202 g/mol. The van der Waals surface area contributed by atoms with Gasteiger partial charge in [0.15, 0.2) is 11.5 Å². The molecule has 16 heavy (non-hydrogen) atoms. The van der Waals surface area contributed by atoms with Gasteiger partial charge >= 0.3 is 0 Å².